The first-order valence-corrected chi connectivity index (χ1v) is 40.1. The predicted molar refractivity (Wildman–Crippen MR) is 388 cm³/mol. The number of allylic oxidation sites excluding steroid dienone is 1. The van der Waals surface area contributed by atoms with E-state index in [4.69, 9.17) is 47.4 Å². The second kappa shape index (κ2) is 51.5. The van der Waals surface area contributed by atoms with Crippen LogP contribution in [0.2, 0.25) is 0 Å². The molecule has 5 rings (SSSR count). The molecule has 5 aliphatic rings. The molecule has 0 aromatic heterocycles. The lowest BCUT2D eigenvalue weighted by Gasteiger charge is -2.51. The number of carbonyl (C=O) groups is 4. The van der Waals surface area contributed by atoms with E-state index >= 15 is 0 Å². The highest BCUT2D eigenvalue weighted by Gasteiger charge is 2.61. The summed E-state index contributed by atoms with van der Waals surface area (Å²) in [5, 5.41) is 196. The minimum atomic E-state index is -3.19. The topological polar surface area (TPSA) is 541 Å². The Kier molecular flexibility index (Phi) is 45.5. The van der Waals surface area contributed by atoms with Crippen LogP contribution >= 0.6 is 0 Å². The highest BCUT2D eigenvalue weighted by molar-refractivity contribution is 5.77. The maximum absolute atomic E-state index is 13.5. The lowest BCUT2D eigenvalue weighted by molar-refractivity contribution is -0.390. The molecule has 636 valence electrons. The fourth-order valence-electron chi connectivity index (χ4n) is 14.7. The molecule has 34 heteroatoms. The molecule has 5 aliphatic heterocycles. The summed E-state index contributed by atoms with van der Waals surface area (Å²) < 4.78 is 58.8. The Balaban J connectivity index is 1.24. The van der Waals surface area contributed by atoms with Crippen LogP contribution in [-0.2, 0) is 66.5 Å². The van der Waals surface area contributed by atoms with Crippen LogP contribution in [0, 0.1) is 0 Å². The number of carboxylic acids is 1. The number of aliphatic hydroxyl groups excluding tert-OH is 16. The van der Waals surface area contributed by atoms with E-state index in [-0.39, 0.29) is 12.3 Å². The van der Waals surface area contributed by atoms with E-state index < -0.39 is 235 Å². The zero-order valence-electron chi connectivity index (χ0n) is 64.2. The molecule has 0 aromatic carbocycles. The number of carboxylic acid groups (broad SMARTS) is 1. The molecule has 109 heavy (non-hydrogen) atoms. The second-order valence-electron chi connectivity index (χ2n) is 30.0. The molecule has 0 aromatic rings. The van der Waals surface area contributed by atoms with Crippen molar-refractivity contribution in [2.45, 2.75) is 398 Å². The van der Waals surface area contributed by atoms with Crippen LogP contribution in [0.3, 0.4) is 0 Å². The first kappa shape index (κ1) is 96.2. The summed E-state index contributed by atoms with van der Waals surface area (Å²) in [6, 6.07) is -4.60. The highest BCUT2D eigenvalue weighted by atomic mass is 16.8. The number of hydrogen-bond donors (Lipinski definition) is 20. The molecule has 5 heterocycles. The van der Waals surface area contributed by atoms with Gasteiger partial charge in [-0.15, -0.1) is 0 Å². The third-order valence-corrected chi connectivity index (χ3v) is 21.1. The minimum Gasteiger partial charge on any atom is -0.477 e. The summed E-state index contributed by atoms with van der Waals surface area (Å²) >= 11 is 0. The normalized spacial score (nSPS) is 34.2. The molecule has 5 fully saturated rings. The monoisotopic (exact) mass is 1570 g/mol. The molecular formula is C75H135N3O31. The van der Waals surface area contributed by atoms with Crippen molar-refractivity contribution in [2.24, 2.45) is 0 Å². The maximum Gasteiger partial charge on any atom is 0.364 e. The van der Waals surface area contributed by atoms with Gasteiger partial charge in [-0.1, -0.05) is 193 Å². The van der Waals surface area contributed by atoms with E-state index in [1.807, 2.05) is 6.08 Å². The molecule has 0 unspecified atom stereocenters. The number of amides is 3. The molecule has 0 radical (unpaired) electrons. The van der Waals surface area contributed by atoms with Crippen molar-refractivity contribution >= 4 is 23.7 Å². The van der Waals surface area contributed by atoms with Crippen molar-refractivity contribution in [2.75, 3.05) is 39.6 Å². The zero-order chi connectivity index (χ0) is 80.2. The fourth-order valence-corrected chi connectivity index (χ4v) is 14.7. The van der Waals surface area contributed by atoms with E-state index in [2.05, 4.69) is 29.8 Å². The summed E-state index contributed by atoms with van der Waals surface area (Å²) in [6.07, 6.45) is -11.8. The van der Waals surface area contributed by atoms with Crippen LogP contribution in [-0.4, -0.2) is 321 Å². The Bertz CT molecular complexity index is 2540. The standard InChI is InChI=1S/C75H135N3O31/c1-5-7-9-11-13-15-17-19-20-21-22-24-26-28-30-32-34-36-54(89)78-46(47(86)35-33-31-29-27-25-23-18-16-14-12-10-8-6-2)43-100-71-62(95)61(94)66(53(42-83)104-71)106-72-63(96)68(58(91)50(39-80)101-72)107-70-56(77-45(4)85)60(93)65(52(41-82)103-70)105-73-64(97)69(59(92)51(40-81)102-73)109-75(74(98)99)37-48(87)55(76-44(3)84)67(108-75)57(90)49(88)38-79/h33,35,46-53,55-73,79-83,86-88,90-97H,5-32,34,36-43H2,1-4H3,(H,76,84)(H,77,85)(H,78,89)(H,98,99)/b35-33+/t46-,47+,48-,49+,50+,51+,52+,53+,55+,56+,57+,58-,59-,60+,61+,62+,63+,64+,65+,66+,67+,68-,69-,70-,71+,72-,73-,75-/m0/s1. The summed E-state index contributed by atoms with van der Waals surface area (Å²) in [4.78, 5) is 51.7. The third-order valence-electron chi connectivity index (χ3n) is 21.1. The Labute approximate surface area is 640 Å². The molecular weight excluding hydrogens is 1440 g/mol. The van der Waals surface area contributed by atoms with Crippen molar-refractivity contribution in [3.05, 3.63) is 12.2 Å². The van der Waals surface area contributed by atoms with Crippen LogP contribution in [0.5, 0.6) is 0 Å². The van der Waals surface area contributed by atoms with Gasteiger partial charge in [-0.3, -0.25) is 14.4 Å². The third kappa shape index (κ3) is 30.3. The number of aliphatic carboxylic acids is 1. The fraction of sp³-hybridized carbons (Fsp3) is 0.920. The van der Waals surface area contributed by atoms with Gasteiger partial charge >= 0.3 is 5.97 Å². The van der Waals surface area contributed by atoms with Crippen molar-refractivity contribution in [3.8, 4) is 0 Å². The molecule has 3 amide bonds. The van der Waals surface area contributed by atoms with Gasteiger partial charge in [0.15, 0.2) is 25.2 Å². The van der Waals surface area contributed by atoms with Gasteiger partial charge in [0.25, 0.3) is 5.79 Å². The Hall–Kier alpha value is -3.42. The average Bonchev–Trinajstić information content (AvgIpc) is 0.758. The summed E-state index contributed by atoms with van der Waals surface area (Å²) in [7, 11) is 0. The summed E-state index contributed by atoms with van der Waals surface area (Å²) in [5.41, 5.74) is 0. The van der Waals surface area contributed by atoms with Gasteiger partial charge in [0.05, 0.1) is 63.9 Å². The maximum atomic E-state index is 13.5. The Morgan fingerprint density at radius 3 is 1.35 bits per heavy atom. The molecule has 28 atom stereocenters. The number of ether oxygens (including phenoxy) is 10. The number of unbranched alkanes of at least 4 members (excludes halogenated alkanes) is 27. The smallest absolute Gasteiger partial charge is 0.364 e. The van der Waals surface area contributed by atoms with Gasteiger partial charge in [0, 0.05) is 26.7 Å². The van der Waals surface area contributed by atoms with Gasteiger partial charge in [0.2, 0.25) is 17.7 Å². The Morgan fingerprint density at radius 1 is 0.477 bits per heavy atom. The van der Waals surface area contributed by atoms with Gasteiger partial charge in [-0.25, -0.2) is 4.79 Å². The lowest BCUT2D eigenvalue weighted by Crippen LogP contribution is -2.71. The van der Waals surface area contributed by atoms with E-state index in [0.29, 0.717) is 12.8 Å². The quantitative estimate of drug-likeness (QED) is 0.0275. The van der Waals surface area contributed by atoms with Gasteiger partial charge in [-0.05, 0) is 19.3 Å². The summed E-state index contributed by atoms with van der Waals surface area (Å²) in [6.45, 7) is 0.659. The van der Waals surface area contributed by atoms with Crippen molar-refractivity contribution in [1.82, 2.24) is 16.0 Å². The molecule has 0 bridgehead atoms. The van der Waals surface area contributed by atoms with Crippen molar-refractivity contribution in [3.63, 3.8) is 0 Å². The first-order valence-electron chi connectivity index (χ1n) is 40.1. The molecule has 5 saturated heterocycles. The average molecular weight is 1570 g/mol. The number of carbonyl (C=O) groups excluding carboxylic acids is 3. The number of aliphatic hydroxyl groups is 16. The van der Waals surface area contributed by atoms with Gasteiger partial charge in [0.1, 0.15) is 116 Å². The van der Waals surface area contributed by atoms with Crippen LogP contribution in [0.1, 0.15) is 227 Å². The van der Waals surface area contributed by atoms with Crippen LogP contribution in [0.25, 0.3) is 0 Å². The summed E-state index contributed by atoms with van der Waals surface area (Å²) in [5.74, 6) is -7.31. The van der Waals surface area contributed by atoms with E-state index in [1.165, 1.54) is 122 Å². The molecule has 0 spiro atoms. The van der Waals surface area contributed by atoms with Crippen molar-refractivity contribution in [1.29, 1.82) is 0 Å². The SMILES string of the molecule is CCCCCCCCCCCCC/C=C/[C@@H](O)[C@H](CO[C@@H]1O[C@H](CO)[C@@H](O[C@@H]2O[C@H](CO)[C@H](O)[C@H](O[C@@H]3O[C@H](CO)[C@@H](O[C@@H]4O[C@H](CO)[C@H](O)[C@H](O[C@]5(C(=O)O)C[C@H](O)[C@@H](NC(C)=O)[C@H]([C@H](O)[C@H](O)CO)O5)[C@H]4O)[C@H](O)[C@H]3NC(C)=O)[C@H]2O)[C@H](O)[C@H]1O)NC(=O)CCCCCCCCCCCCCCCCCCC. The Morgan fingerprint density at radius 2 is 0.890 bits per heavy atom. The second-order valence-corrected chi connectivity index (χ2v) is 30.0. The van der Waals surface area contributed by atoms with Crippen LogP contribution in [0.15, 0.2) is 12.2 Å². The molecule has 0 aliphatic carbocycles. The minimum absolute atomic E-state index is 0.174. The van der Waals surface area contributed by atoms with Crippen LogP contribution in [0.4, 0.5) is 0 Å². The number of rotatable bonds is 54. The number of nitrogens with one attached hydrogen (secondary N) is 3. The lowest BCUT2D eigenvalue weighted by atomic mass is 9.88. The van der Waals surface area contributed by atoms with Gasteiger partial charge in [-0.2, -0.15) is 0 Å². The van der Waals surface area contributed by atoms with E-state index in [9.17, 15) is 106 Å². The largest absolute Gasteiger partial charge is 0.477 e. The van der Waals surface area contributed by atoms with Gasteiger partial charge < -0.3 is 150 Å². The molecule has 34 nitrogen and oxygen atoms in total. The zero-order valence-corrected chi connectivity index (χ0v) is 64.2. The first-order chi connectivity index (χ1) is 52.3. The molecule has 0 saturated carbocycles. The molecule has 20 N–H and O–H groups in total. The predicted octanol–water partition coefficient (Wildman–Crippen LogP) is -0.262. The number of hydrogen-bond acceptors (Lipinski definition) is 30. The van der Waals surface area contributed by atoms with Crippen LogP contribution < -0.4 is 16.0 Å². The van der Waals surface area contributed by atoms with E-state index in [1.54, 1.807) is 6.08 Å². The van der Waals surface area contributed by atoms with Crippen molar-refractivity contribution < 1.29 is 153 Å². The highest BCUT2D eigenvalue weighted by Crippen LogP contribution is 2.40. The van der Waals surface area contributed by atoms with E-state index in [0.717, 1.165) is 65.2 Å².